The zero-order chi connectivity index (χ0) is 19.7. The van der Waals surface area contributed by atoms with Crippen LogP contribution in [0.25, 0.3) is 22.3 Å². The van der Waals surface area contributed by atoms with Crippen molar-refractivity contribution in [2.24, 2.45) is 0 Å². The molecule has 140 valence electrons. The Labute approximate surface area is 160 Å². The predicted molar refractivity (Wildman–Crippen MR) is 100 cm³/mol. The third-order valence-corrected chi connectivity index (χ3v) is 4.43. The average Bonchev–Trinajstić information content (AvgIpc) is 3.16. The minimum atomic E-state index is -0.505. The number of benzene rings is 2. The van der Waals surface area contributed by atoms with E-state index < -0.39 is 5.97 Å². The summed E-state index contributed by atoms with van der Waals surface area (Å²) in [5.41, 5.74) is 3.27. The highest BCUT2D eigenvalue weighted by molar-refractivity contribution is 5.98. The molecule has 0 saturated heterocycles. The zero-order valence-corrected chi connectivity index (χ0v) is 15.3. The number of pyridine rings is 1. The number of carbonyl (C=O) groups excluding carboxylic acids is 1. The molecule has 0 bridgehead atoms. The number of esters is 1. The van der Waals surface area contributed by atoms with E-state index in [1.807, 2.05) is 31.2 Å². The van der Waals surface area contributed by atoms with Crippen LogP contribution in [0.5, 0.6) is 0 Å². The van der Waals surface area contributed by atoms with E-state index in [2.05, 4.69) is 15.1 Å². The van der Waals surface area contributed by atoms with Gasteiger partial charge in [0.25, 0.3) is 5.89 Å². The maximum atomic E-state index is 13.0. The molecule has 2 aromatic carbocycles. The molecule has 4 rings (SSSR count). The summed E-state index contributed by atoms with van der Waals surface area (Å²) in [6.45, 7) is 3.47. The van der Waals surface area contributed by atoms with Crippen LogP contribution >= 0.6 is 0 Å². The number of carbonyl (C=O) groups is 1. The Kier molecular flexibility index (Phi) is 4.57. The molecule has 2 aromatic heterocycles. The first-order valence-corrected chi connectivity index (χ1v) is 8.64. The van der Waals surface area contributed by atoms with Crippen molar-refractivity contribution >= 4 is 16.9 Å². The molecule has 4 aromatic rings. The van der Waals surface area contributed by atoms with Crippen LogP contribution in [-0.2, 0) is 11.3 Å². The van der Waals surface area contributed by atoms with Crippen molar-refractivity contribution in [3.63, 3.8) is 0 Å². The second-order valence-electron chi connectivity index (χ2n) is 6.31. The molecule has 28 heavy (non-hydrogen) atoms. The van der Waals surface area contributed by atoms with Crippen LogP contribution in [0.2, 0.25) is 0 Å². The van der Waals surface area contributed by atoms with Crippen molar-refractivity contribution in [2.75, 3.05) is 0 Å². The van der Waals surface area contributed by atoms with Gasteiger partial charge in [-0.05, 0) is 49.7 Å². The highest BCUT2D eigenvalue weighted by Gasteiger charge is 2.19. The standard InChI is InChI=1S/C21H16FN3O3/c1-12-16-5-3-4-6-17(16)23-13(2)19(12)21(26)27-11-18-24-20(25-28-18)14-7-9-15(22)10-8-14/h3-10H,11H2,1-2H3. The SMILES string of the molecule is Cc1nc2ccccc2c(C)c1C(=O)OCc1nc(-c2ccc(F)cc2)no1. The average molecular weight is 377 g/mol. The Hall–Kier alpha value is -3.61. The molecule has 0 aliphatic rings. The predicted octanol–water partition coefficient (Wildman–Crippen LogP) is 4.40. The third kappa shape index (κ3) is 3.34. The molecule has 0 aliphatic carbocycles. The van der Waals surface area contributed by atoms with E-state index in [1.54, 1.807) is 19.1 Å². The molecule has 0 unspecified atom stereocenters. The van der Waals surface area contributed by atoms with E-state index in [0.717, 1.165) is 16.5 Å². The first-order chi connectivity index (χ1) is 13.5. The summed E-state index contributed by atoms with van der Waals surface area (Å²) in [6.07, 6.45) is 0. The number of hydrogen-bond acceptors (Lipinski definition) is 6. The molecular weight excluding hydrogens is 361 g/mol. The van der Waals surface area contributed by atoms with Crippen LogP contribution in [-0.4, -0.2) is 21.1 Å². The monoisotopic (exact) mass is 377 g/mol. The fraction of sp³-hybridized carbons (Fsp3) is 0.143. The number of para-hydroxylation sites is 1. The molecule has 2 heterocycles. The number of rotatable bonds is 4. The fourth-order valence-electron chi connectivity index (χ4n) is 3.06. The highest BCUT2D eigenvalue weighted by Crippen LogP contribution is 2.23. The number of nitrogens with zero attached hydrogens (tertiary/aromatic N) is 3. The van der Waals surface area contributed by atoms with E-state index in [0.29, 0.717) is 22.6 Å². The lowest BCUT2D eigenvalue weighted by molar-refractivity contribution is 0.0428. The van der Waals surface area contributed by atoms with Gasteiger partial charge in [0.05, 0.1) is 16.8 Å². The number of ether oxygens (including phenoxy) is 1. The van der Waals surface area contributed by atoms with Crippen LogP contribution in [0.15, 0.2) is 53.1 Å². The lowest BCUT2D eigenvalue weighted by Crippen LogP contribution is -2.11. The zero-order valence-electron chi connectivity index (χ0n) is 15.3. The molecule has 0 radical (unpaired) electrons. The summed E-state index contributed by atoms with van der Waals surface area (Å²) < 4.78 is 23.5. The van der Waals surface area contributed by atoms with Gasteiger partial charge in [-0.25, -0.2) is 9.18 Å². The molecule has 0 fully saturated rings. The highest BCUT2D eigenvalue weighted by atomic mass is 19.1. The Morgan fingerprint density at radius 2 is 1.82 bits per heavy atom. The molecule has 7 heteroatoms. The van der Waals surface area contributed by atoms with Crippen molar-refractivity contribution in [3.8, 4) is 11.4 Å². The Bertz CT molecular complexity index is 1170. The van der Waals surface area contributed by atoms with Crippen LogP contribution in [0.4, 0.5) is 4.39 Å². The van der Waals surface area contributed by atoms with Gasteiger partial charge >= 0.3 is 5.97 Å². The molecule has 0 saturated carbocycles. The van der Waals surface area contributed by atoms with Gasteiger partial charge in [0.15, 0.2) is 6.61 Å². The quantitative estimate of drug-likeness (QED) is 0.491. The molecule has 6 nitrogen and oxygen atoms in total. The summed E-state index contributed by atoms with van der Waals surface area (Å²) in [5.74, 6) is -0.409. The second kappa shape index (κ2) is 7.19. The van der Waals surface area contributed by atoms with E-state index in [9.17, 15) is 9.18 Å². The minimum absolute atomic E-state index is 0.150. The van der Waals surface area contributed by atoms with Gasteiger partial charge in [-0.1, -0.05) is 23.4 Å². The van der Waals surface area contributed by atoms with Crippen LogP contribution < -0.4 is 0 Å². The molecule has 0 spiro atoms. The maximum absolute atomic E-state index is 13.0. The van der Waals surface area contributed by atoms with Crippen molar-refractivity contribution in [1.29, 1.82) is 0 Å². The molecule has 0 atom stereocenters. The number of aromatic nitrogens is 3. The summed E-state index contributed by atoms with van der Waals surface area (Å²) in [6, 6.07) is 13.3. The first kappa shape index (κ1) is 17.8. The Morgan fingerprint density at radius 1 is 1.07 bits per heavy atom. The van der Waals surface area contributed by atoms with Gasteiger partial charge in [-0.2, -0.15) is 4.98 Å². The summed E-state index contributed by atoms with van der Waals surface area (Å²) in [7, 11) is 0. The van der Waals surface area contributed by atoms with Crippen LogP contribution in [0.3, 0.4) is 0 Å². The van der Waals surface area contributed by atoms with Gasteiger partial charge in [-0.3, -0.25) is 4.98 Å². The van der Waals surface area contributed by atoms with Crippen molar-refractivity contribution in [2.45, 2.75) is 20.5 Å². The van der Waals surface area contributed by atoms with Crippen molar-refractivity contribution in [1.82, 2.24) is 15.1 Å². The van der Waals surface area contributed by atoms with E-state index in [-0.39, 0.29) is 18.3 Å². The first-order valence-electron chi connectivity index (χ1n) is 8.64. The maximum Gasteiger partial charge on any atom is 0.340 e. The Morgan fingerprint density at radius 3 is 2.61 bits per heavy atom. The van der Waals surface area contributed by atoms with Crippen LogP contribution in [0.1, 0.15) is 27.5 Å². The van der Waals surface area contributed by atoms with E-state index in [4.69, 9.17) is 9.26 Å². The van der Waals surface area contributed by atoms with Gasteiger partial charge in [0, 0.05) is 10.9 Å². The van der Waals surface area contributed by atoms with Gasteiger partial charge in [-0.15, -0.1) is 0 Å². The van der Waals surface area contributed by atoms with Gasteiger partial charge in [0.1, 0.15) is 5.82 Å². The summed E-state index contributed by atoms with van der Waals surface area (Å²) >= 11 is 0. The number of hydrogen-bond donors (Lipinski definition) is 0. The summed E-state index contributed by atoms with van der Waals surface area (Å²) in [4.78, 5) is 21.3. The molecule has 0 amide bonds. The smallest absolute Gasteiger partial charge is 0.340 e. The number of halogens is 1. The lowest BCUT2D eigenvalue weighted by Gasteiger charge is -2.11. The Balaban J connectivity index is 1.52. The van der Waals surface area contributed by atoms with E-state index >= 15 is 0 Å². The largest absolute Gasteiger partial charge is 0.452 e. The van der Waals surface area contributed by atoms with Gasteiger partial charge < -0.3 is 9.26 Å². The molecule has 0 N–H and O–H groups in total. The number of aryl methyl sites for hydroxylation is 2. The normalized spacial score (nSPS) is 11.0. The molecule has 0 aliphatic heterocycles. The van der Waals surface area contributed by atoms with Crippen molar-refractivity contribution in [3.05, 3.63) is 77.1 Å². The fourth-order valence-corrected chi connectivity index (χ4v) is 3.06. The molecular formula is C21H16FN3O3. The third-order valence-electron chi connectivity index (χ3n) is 4.43. The number of fused-ring (bicyclic) bond motifs is 1. The van der Waals surface area contributed by atoms with Crippen molar-refractivity contribution < 1.29 is 18.4 Å². The second-order valence-corrected chi connectivity index (χ2v) is 6.31. The topological polar surface area (TPSA) is 78.1 Å². The minimum Gasteiger partial charge on any atom is -0.452 e. The summed E-state index contributed by atoms with van der Waals surface area (Å²) in [5, 5.41) is 4.73. The van der Waals surface area contributed by atoms with E-state index in [1.165, 1.54) is 12.1 Å². The van der Waals surface area contributed by atoms with Gasteiger partial charge in [0.2, 0.25) is 5.82 Å². The van der Waals surface area contributed by atoms with Crippen LogP contribution in [0, 0.1) is 19.7 Å². The lowest BCUT2D eigenvalue weighted by atomic mass is 10.0.